The van der Waals surface area contributed by atoms with Gasteiger partial charge in [-0.1, -0.05) is 0 Å². The topological polar surface area (TPSA) is 147 Å². The van der Waals surface area contributed by atoms with Gasteiger partial charge in [-0.25, -0.2) is 14.5 Å². The molecule has 5 heterocycles. The van der Waals surface area contributed by atoms with Gasteiger partial charge in [-0.05, 0) is 18.6 Å². The molecule has 0 unspecified atom stereocenters. The molecule has 0 radical (unpaired) electrons. The lowest BCUT2D eigenvalue weighted by molar-refractivity contribution is 0.0665. The Morgan fingerprint density at radius 3 is 2.67 bits per heavy atom. The van der Waals surface area contributed by atoms with E-state index in [9.17, 15) is 18.4 Å². The van der Waals surface area contributed by atoms with Gasteiger partial charge in [0.2, 0.25) is 5.95 Å². The fourth-order valence-electron chi connectivity index (χ4n) is 4.19. The number of pyridine rings is 1. The number of nitriles is 1. The van der Waals surface area contributed by atoms with Crippen LogP contribution >= 0.6 is 0 Å². The lowest BCUT2D eigenvalue weighted by atomic mass is 10.1. The number of primary amides is 1. The lowest BCUT2D eigenvalue weighted by Crippen LogP contribution is -2.28. The second kappa shape index (κ2) is 9.06. The van der Waals surface area contributed by atoms with E-state index in [0.29, 0.717) is 57.9 Å². The van der Waals surface area contributed by atoms with Gasteiger partial charge in [0.1, 0.15) is 6.07 Å². The molecule has 1 aliphatic rings. The van der Waals surface area contributed by atoms with Crippen molar-refractivity contribution >= 4 is 23.1 Å². The SMILES string of the molecule is N#Cc1cnc(N2CC[C@H](Nc3c(C(N)=O)cnn4cc(-c5ccc(=O)n(C(F)F)c5)cc34)C2)nc1. The van der Waals surface area contributed by atoms with Crippen LogP contribution in [0.25, 0.3) is 16.6 Å². The first-order valence-corrected chi connectivity index (χ1v) is 10.9. The molecule has 3 N–H and O–H groups in total. The van der Waals surface area contributed by atoms with E-state index in [1.807, 2.05) is 11.0 Å². The summed E-state index contributed by atoms with van der Waals surface area (Å²) in [5, 5.41) is 16.5. The highest BCUT2D eigenvalue weighted by molar-refractivity contribution is 6.02. The summed E-state index contributed by atoms with van der Waals surface area (Å²) in [7, 11) is 0. The number of amides is 1. The van der Waals surface area contributed by atoms with Gasteiger partial charge in [0.15, 0.2) is 0 Å². The smallest absolute Gasteiger partial charge is 0.321 e. The van der Waals surface area contributed by atoms with Gasteiger partial charge in [0.05, 0.1) is 40.9 Å². The molecule has 4 aromatic heterocycles. The van der Waals surface area contributed by atoms with Gasteiger partial charge in [-0.3, -0.25) is 14.2 Å². The van der Waals surface area contributed by atoms with Crippen LogP contribution in [-0.2, 0) is 0 Å². The third-order valence-electron chi connectivity index (χ3n) is 5.97. The number of nitrogens with zero attached hydrogens (tertiary/aromatic N) is 7. The van der Waals surface area contributed by atoms with Crippen LogP contribution in [0.5, 0.6) is 0 Å². The van der Waals surface area contributed by atoms with Crippen molar-refractivity contribution in [2.24, 2.45) is 5.73 Å². The summed E-state index contributed by atoms with van der Waals surface area (Å²) in [4.78, 5) is 34.3. The highest BCUT2D eigenvalue weighted by Crippen LogP contribution is 2.30. The van der Waals surface area contributed by atoms with E-state index in [2.05, 4.69) is 20.4 Å². The first kappa shape index (κ1) is 22.9. The average molecular weight is 491 g/mol. The minimum Gasteiger partial charge on any atom is -0.378 e. The van der Waals surface area contributed by atoms with E-state index in [4.69, 9.17) is 11.0 Å². The van der Waals surface area contributed by atoms with Crippen LogP contribution < -0.4 is 21.5 Å². The highest BCUT2D eigenvalue weighted by atomic mass is 19.3. The molecule has 36 heavy (non-hydrogen) atoms. The molecule has 5 rings (SSSR count). The Labute approximate surface area is 202 Å². The van der Waals surface area contributed by atoms with Crippen molar-refractivity contribution in [3.05, 3.63) is 70.7 Å². The minimum absolute atomic E-state index is 0.0902. The Bertz CT molecular complexity index is 1560. The molecule has 13 heteroatoms. The Morgan fingerprint density at radius 2 is 1.97 bits per heavy atom. The van der Waals surface area contributed by atoms with E-state index >= 15 is 0 Å². The fraction of sp³-hybridized carbons (Fsp3) is 0.217. The molecule has 182 valence electrons. The first-order chi connectivity index (χ1) is 17.3. The molecule has 1 saturated heterocycles. The number of aromatic nitrogens is 5. The molecule has 0 saturated carbocycles. The quantitative estimate of drug-likeness (QED) is 0.416. The summed E-state index contributed by atoms with van der Waals surface area (Å²) in [6.45, 7) is -1.79. The molecule has 0 spiro atoms. The lowest BCUT2D eigenvalue weighted by Gasteiger charge is -2.19. The number of anilines is 2. The van der Waals surface area contributed by atoms with Gasteiger partial charge in [-0.15, -0.1) is 0 Å². The van der Waals surface area contributed by atoms with Crippen LogP contribution in [0, 0.1) is 11.3 Å². The van der Waals surface area contributed by atoms with Crippen molar-refractivity contribution in [1.29, 1.82) is 5.26 Å². The number of alkyl halides is 2. The standard InChI is InChI=1S/C23H19F2N9O2/c24-22(25)33-10-14(1-2-19(33)35)15-5-18-20(17(21(27)36)9-30-34(18)11-15)31-16-3-4-32(12-16)23-28-7-13(6-26)8-29-23/h1-2,5,7-11,16,22,31H,3-4,12H2,(H2,27,36)/t16-/m0/s1. The highest BCUT2D eigenvalue weighted by Gasteiger charge is 2.27. The number of nitrogens with one attached hydrogen (secondary N) is 1. The molecule has 0 bridgehead atoms. The van der Waals surface area contributed by atoms with Gasteiger partial charge in [-0.2, -0.15) is 19.1 Å². The van der Waals surface area contributed by atoms with Crippen LogP contribution in [0.15, 0.2) is 54.0 Å². The van der Waals surface area contributed by atoms with Crippen molar-refractivity contribution in [2.75, 3.05) is 23.3 Å². The van der Waals surface area contributed by atoms with E-state index in [1.165, 1.54) is 29.2 Å². The Hall–Kier alpha value is -4.86. The maximum absolute atomic E-state index is 13.2. The van der Waals surface area contributed by atoms with Gasteiger partial charge in [0, 0.05) is 48.7 Å². The molecule has 1 atom stereocenters. The molecule has 4 aromatic rings. The number of carbonyl (C=O) groups is 1. The monoisotopic (exact) mass is 491 g/mol. The number of halogens is 2. The van der Waals surface area contributed by atoms with Gasteiger partial charge in [0.25, 0.3) is 11.5 Å². The van der Waals surface area contributed by atoms with E-state index in [1.54, 1.807) is 12.3 Å². The number of fused-ring (bicyclic) bond motifs is 1. The normalized spacial score (nSPS) is 15.4. The number of hydrogen-bond acceptors (Lipinski definition) is 8. The van der Waals surface area contributed by atoms with Crippen LogP contribution in [0.1, 0.15) is 28.9 Å². The van der Waals surface area contributed by atoms with Crippen molar-refractivity contribution in [2.45, 2.75) is 19.0 Å². The van der Waals surface area contributed by atoms with Crippen molar-refractivity contribution in [1.82, 2.24) is 24.1 Å². The second-order valence-electron chi connectivity index (χ2n) is 8.26. The Balaban J connectivity index is 1.47. The summed E-state index contributed by atoms with van der Waals surface area (Å²) in [5.41, 5.74) is 7.23. The van der Waals surface area contributed by atoms with Crippen LogP contribution in [0.4, 0.5) is 20.4 Å². The third-order valence-corrected chi connectivity index (χ3v) is 5.97. The average Bonchev–Trinajstić information content (AvgIpc) is 3.52. The summed E-state index contributed by atoms with van der Waals surface area (Å²) in [5.74, 6) is -0.181. The number of rotatable bonds is 6. The van der Waals surface area contributed by atoms with Crippen molar-refractivity contribution in [3.8, 4) is 17.2 Å². The maximum atomic E-state index is 13.2. The van der Waals surface area contributed by atoms with E-state index in [0.717, 1.165) is 12.3 Å². The number of nitrogens with two attached hydrogens (primary N) is 1. The predicted octanol–water partition coefficient (Wildman–Crippen LogP) is 2.01. The summed E-state index contributed by atoms with van der Waals surface area (Å²) in [6, 6.07) is 6.10. The minimum atomic E-state index is -2.98. The molecule has 1 amide bonds. The molecular formula is C23H19F2N9O2. The van der Waals surface area contributed by atoms with Crippen LogP contribution in [-0.4, -0.2) is 49.2 Å². The Kier molecular flexibility index (Phi) is 5.77. The summed E-state index contributed by atoms with van der Waals surface area (Å²) in [6.07, 6.45) is 7.67. The summed E-state index contributed by atoms with van der Waals surface area (Å²) >= 11 is 0. The fourth-order valence-corrected chi connectivity index (χ4v) is 4.19. The van der Waals surface area contributed by atoms with Crippen molar-refractivity contribution < 1.29 is 13.6 Å². The zero-order valence-corrected chi connectivity index (χ0v) is 18.7. The van der Waals surface area contributed by atoms with E-state index < -0.39 is 18.0 Å². The molecular weight excluding hydrogens is 472 g/mol. The molecule has 1 fully saturated rings. The summed E-state index contributed by atoms with van der Waals surface area (Å²) < 4.78 is 28.3. The van der Waals surface area contributed by atoms with Crippen LogP contribution in [0.2, 0.25) is 0 Å². The van der Waals surface area contributed by atoms with Gasteiger partial charge >= 0.3 is 6.55 Å². The molecule has 0 aromatic carbocycles. The maximum Gasteiger partial charge on any atom is 0.321 e. The molecule has 1 aliphatic heterocycles. The first-order valence-electron chi connectivity index (χ1n) is 10.9. The molecule has 11 nitrogen and oxygen atoms in total. The zero-order chi connectivity index (χ0) is 25.4. The van der Waals surface area contributed by atoms with E-state index in [-0.39, 0.29) is 11.6 Å². The van der Waals surface area contributed by atoms with Gasteiger partial charge < -0.3 is 16.0 Å². The van der Waals surface area contributed by atoms with Crippen LogP contribution in [0.3, 0.4) is 0 Å². The largest absolute Gasteiger partial charge is 0.378 e. The number of hydrogen-bond donors (Lipinski definition) is 2. The predicted molar refractivity (Wildman–Crippen MR) is 126 cm³/mol. The van der Waals surface area contributed by atoms with Crippen molar-refractivity contribution in [3.63, 3.8) is 0 Å². The Morgan fingerprint density at radius 1 is 1.19 bits per heavy atom. The second-order valence-corrected chi connectivity index (χ2v) is 8.26. The third kappa shape index (κ3) is 4.20. The molecule has 0 aliphatic carbocycles. The number of carbonyl (C=O) groups excluding carboxylic acids is 1. The zero-order valence-electron chi connectivity index (χ0n) is 18.7.